The number of carbonyl (C=O) groups is 2. The van der Waals surface area contributed by atoms with Crippen LogP contribution < -0.4 is 5.32 Å². The second-order valence-electron chi connectivity index (χ2n) is 4.90. The van der Waals surface area contributed by atoms with E-state index in [2.05, 4.69) is 5.32 Å². The lowest BCUT2D eigenvalue weighted by atomic mass is 10.2. The number of rotatable bonds is 3. The molecule has 120 valence electrons. The number of amides is 2. The van der Waals surface area contributed by atoms with Crippen molar-refractivity contribution in [3.05, 3.63) is 28.2 Å². The van der Waals surface area contributed by atoms with Crippen LogP contribution in [0.1, 0.15) is 13.3 Å². The molecule has 0 radical (unpaired) electrons. The second kappa shape index (κ2) is 7.17. The largest absolute Gasteiger partial charge is 0.464 e. The first-order valence-corrected chi connectivity index (χ1v) is 7.54. The Morgan fingerprint density at radius 3 is 2.59 bits per heavy atom. The van der Waals surface area contributed by atoms with Gasteiger partial charge in [0.25, 0.3) is 0 Å². The lowest BCUT2D eigenvalue weighted by Gasteiger charge is -2.23. The van der Waals surface area contributed by atoms with Gasteiger partial charge in [-0.05, 0) is 25.1 Å². The third-order valence-electron chi connectivity index (χ3n) is 3.21. The highest BCUT2D eigenvalue weighted by Gasteiger charge is 2.39. The summed E-state index contributed by atoms with van der Waals surface area (Å²) in [7, 11) is 0. The summed E-state index contributed by atoms with van der Waals surface area (Å²) in [6.45, 7) is 1.95. The molecule has 8 heteroatoms. The molecule has 22 heavy (non-hydrogen) atoms. The van der Waals surface area contributed by atoms with E-state index < -0.39 is 24.1 Å². The van der Waals surface area contributed by atoms with Crippen LogP contribution in [0.4, 0.5) is 10.5 Å². The van der Waals surface area contributed by atoms with E-state index in [9.17, 15) is 14.7 Å². The minimum absolute atomic E-state index is 0.0591. The van der Waals surface area contributed by atoms with Crippen molar-refractivity contribution < 1.29 is 19.4 Å². The number of halogens is 2. The fraction of sp³-hybridized carbons (Fsp3) is 0.429. The molecule has 0 saturated carbocycles. The highest BCUT2D eigenvalue weighted by atomic mass is 35.5. The predicted octanol–water partition coefficient (Wildman–Crippen LogP) is 2.52. The van der Waals surface area contributed by atoms with Gasteiger partial charge < -0.3 is 20.1 Å². The molecular formula is C14H16Cl2N2O4. The molecule has 1 unspecified atom stereocenters. The SMILES string of the molecule is CCOC(=O)[C@@H]1CC(O)CN1C(=O)Nc1cc(Cl)cc(Cl)c1. The smallest absolute Gasteiger partial charge is 0.329 e. The van der Waals surface area contributed by atoms with E-state index in [0.29, 0.717) is 15.7 Å². The van der Waals surface area contributed by atoms with Gasteiger partial charge in [0.15, 0.2) is 0 Å². The van der Waals surface area contributed by atoms with Gasteiger partial charge in [0.2, 0.25) is 0 Å². The minimum atomic E-state index is -0.801. The van der Waals surface area contributed by atoms with Crippen LogP contribution in [-0.2, 0) is 9.53 Å². The van der Waals surface area contributed by atoms with Crippen LogP contribution in [0.5, 0.6) is 0 Å². The van der Waals surface area contributed by atoms with Crippen molar-refractivity contribution in [1.82, 2.24) is 4.90 Å². The molecular weight excluding hydrogens is 331 g/mol. The number of aliphatic hydroxyl groups is 1. The molecule has 0 spiro atoms. The Morgan fingerprint density at radius 1 is 1.36 bits per heavy atom. The van der Waals surface area contributed by atoms with E-state index >= 15 is 0 Å². The van der Waals surface area contributed by atoms with Crippen LogP contribution in [0.25, 0.3) is 0 Å². The van der Waals surface area contributed by atoms with Gasteiger partial charge in [-0.25, -0.2) is 9.59 Å². The molecule has 2 rings (SSSR count). The summed E-state index contributed by atoms with van der Waals surface area (Å²) in [4.78, 5) is 25.4. The molecule has 1 aliphatic rings. The molecule has 2 atom stereocenters. The van der Waals surface area contributed by atoms with Crippen molar-refractivity contribution in [2.75, 3.05) is 18.5 Å². The molecule has 2 N–H and O–H groups in total. The van der Waals surface area contributed by atoms with Crippen LogP contribution in [0, 0.1) is 0 Å². The Kier molecular flexibility index (Phi) is 5.50. The van der Waals surface area contributed by atoms with E-state index in [4.69, 9.17) is 27.9 Å². The number of urea groups is 1. The van der Waals surface area contributed by atoms with Crippen molar-refractivity contribution >= 4 is 40.9 Å². The summed E-state index contributed by atoms with van der Waals surface area (Å²) >= 11 is 11.7. The van der Waals surface area contributed by atoms with Crippen molar-refractivity contribution in [3.8, 4) is 0 Å². The monoisotopic (exact) mass is 346 g/mol. The fourth-order valence-corrected chi connectivity index (χ4v) is 2.85. The number of hydrogen-bond donors (Lipinski definition) is 2. The highest BCUT2D eigenvalue weighted by Crippen LogP contribution is 2.24. The summed E-state index contributed by atoms with van der Waals surface area (Å²) in [6, 6.07) is 3.30. The first-order valence-electron chi connectivity index (χ1n) is 6.79. The first kappa shape index (κ1) is 16.9. The van der Waals surface area contributed by atoms with Gasteiger partial charge in [-0.2, -0.15) is 0 Å². The number of hydrogen-bond acceptors (Lipinski definition) is 4. The lowest BCUT2D eigenvalue weighted by molar-refractivity contribution is -0.147. The van der Waals surface area contributed by atoms with Gasteiger partial charge in [-0.3, -0.25) is 0 Å². The minimum Gasteiger partial charge on any atom is -0.464 e. The molecule has 1 saturated heterocycles. The maximum absolute atomic E-state index is 12.3. The lowest BCUT2D eigenvalue weighted by Crippen LogP contribution is -2.43. The van der Waals surface area contributed by atoms with Crippen molar-refractivity contribution in [3.63, 3.8) is 0 Å². The fourth-order valence-electron chi connectivity index (χ4n) is 2.32. The van der Waals surface area contributed by atoms with Crippen LogP contribution in [0.15, 0.2) is 18.2 Å². The van der Waals surface area contributed by atoms with Gasteiger partial charge in [-0.15, -0.1) is 0 Å². The molecule has 1 aromatic carbocycles. The Labute approximate surface area is 137 Å². The summed E-state index contributed by atoms with van der Waals surface area (Å²) < 4.78 is 4.93. The van der Waals surface area contributed by atoms with Gasteiger partial charge in [0.05, 0.1) is 12.7 Å². The number of nitrogens with one attached hydrogen (secondary N) is 1. The van der Waals surface area contributed by atoms with Gasteiger partial charge in [0, 0.05) is 28.7 Å². The number of ether oxygens (including phenoxy) is 1. The van der Waals surface area contributed by atoms with Crippen LogP contribution in [0.2, 0.25) is 10.0 Å². The molecule has 6 nitrogen and oxygen atoms in total. The van der Waals surface area contributed by atoms with E-state index in [1.165, 1.54) is 17.0 Å². The summed E-state index contributed by atoms with van der Waals surface area (Å²) in [5, 5.41) is 13.1. The molecule has 1 heterocycles. The zero-order valence-electron chi connectivity index (χ0n) is 11.9. The Morgan fingerprint density at radius 2 is 2.00 bits per heavy atom. The maximum Gasteiger partial charge on any atom is 0.329 e. The third-order valence-corrected chi connectivity index (χ3v) is 3.65. The van der Waals surface area contributed by atoms with Crippen molar-refractivity contribution in [2.45, 2.75) is 25.5 Å². The van der Waals surface area contributed by atoms with E-state index in [0.717, 1.165) is 0 Å². The molecule has 1 aliphatic heterocycles. The van der Waals surface area contributed by atoms with Crippen molar-refractivity contribution in [2.24, 2.45) is 0 Å². The van der Waals surface area contributed by atoms with E-state index in [1.54, 1.807) is 13.0 Å². The topological polar surface area (TPSA) is 78.9 Å². The van der Waals surface area contributed by atoms with E-state index in [-0.39, 0.29) is 19.6 Å². The number of carbonyl (C=O) groups excluding carboxylic acids is 2. The van der Waals surface area contributed by atoms with Gasteiger partial charge >= 0.3 is 12.0 Å². The Hall–Kier alpha value is -1.50. The van der Waals surface area contributed by atoms with Crippen LogP contribution in [-0.4, -0.2) is 47.3 Å². The highest BCUT2D eigenvalue weighted by molar-refractivity contribution is 6.35. The number of β-amino-alcohol motifs (C(OH)–C–C–N with tert-alkyl or cyclic N) is 1. The van der Waals surface area contributed by atoms with Crippen LogP contribution in [0.3, 0.4) is 0 Å². The molecule has 2 amide bonds. The molecule has 1 aromatic rings. The zero-order valence-corrected chi connectivity index (χ0v) is 13.4. The predicted molar refractivity (Wildman–Crippen MR) is 83.2 cm³/mol. The average Bonchev–Trinajstić information content (AvgIpc) is 2.80. The zero-order chi connectivity index (χ0) is 16.3. The third kappa shape index (κ3) is 4.03. The number of aliphatic hydroxyl groups excluding tert-OH is 1. The number of likely N-dealkylation sites (tertiary alicyclic amines) is 1. The quantitative estimate of drug-likeness (QED) is 0.824. The summed E-state index contributed by atoms with van der Waals surface area (Å²) in [5.41, 5.74) is 0.409. The molecule has 0 aliphatic carbocycles. The number of anilines is 1. The van der Waals surface area contributed by atoms with Gasteiger partial charge in [0.1, 0.15) is 6.04 Å². The van der Waals surface area contributed by atoms with Crippen molar-refractivity contribution in [1.29, 1.82) is 0 Å². The molecule has 0 bridgehead atoms. The normalized spacial score (nSPS) is 20.8. The Balaban J connectivity index is 2.11. The number of benzene rings is 1. The number of esters is 1. The van der Waals surface area contributed by atoms with Crippen LogP contribution >= 0.6 is 23.2 Å². The Bertz CT molecular complexity index is 562. The van der Waals surface area contributed by atoms with E-state index in [1.807, 2.05) is 0 Å². The number of nitrogens with zero attached hydrogens (tertiary/aromatic N) is 1. The summed E-state index contributed by atoms with van der Waals surface area (Å²) in [6.07, 6.45) is -0.606. The first-order chi connectivity index (χ1) is 10.4. The average molecular weight is 347 g/mol. The standard InChI is InChI=1S/C14H16Cl2N2O4/c1-2-22-13(20)12-6-11(19)7-18(12)14(21)17-10-4-8(15)3-9(16)5-10/h3-5,11-12,19H,2,6-7H2,1H3,(H,17,21)/t11?,12-/m0/s1. The second-order valence-corrected chi connectivity index (χ2v) is 5.77. The molecule has 1 fully saturated rings. The van der Waals surface area contributed by atoms with Gasteiger partial charge in [-0.1, -0.05) is 23.2 Å². The maximum atomic E-state index is 12.3. The molecule has 0 aromatic heterocycles. The summed E-state index contributed by atoms with van der Waals surface area (Å²) in [5.74, 6) is -0.529.